The minimum Gasteiger partial charge on any atom is -0.449 e. The molecule has 2 aromatic rings. The smallest absolute Gasteiger partial charge is 0.338 e. The molecule has 0 aliphatic carbocycles. The van der Waals surface area contributed by atoms with Crippen LogP contribution in [0.3, 0.4) is 0 Å². The predicted octanol–water partition coefficient (Wildman–Crippen LogP) is 3.40. The van der Waals surface area contributed by atoms with Gasteiger partial charge in [-0.2, -0.15) is 5.26 Å². The summed E-state index contributed by atoms with van der Waals surface area (Å²) in [6.45, 7) is 1.45. The van der Waals surface area contributed by atoms with E-state index in [1.807, 2.05) is 6.07 Å². The lowest BCUT2D eigenvalue weighted by atomic mass is 10.2. The number of rotatable bonds is 4. The van der Waals surface area contributed by atoms with Crippen LogP contribution in [0.15, 0.2) is 48.5 Å². The normalized spacial score (nSPS) is 11.2. The first kappa shape index (κ1) is 16.5. The fourth-order valence-corrected chi connectivity index (χ4v) is 2.01. The first-order chi connectivity index (χ1) is 11.0. The highest BCUT2D eigenvalue weighted by atomic mass is 35.5. The van der Waals surface area contributed by atoms with Crippen molar-refractivity contribution in [2.45, 2.75) is 13.0 Å². The molecule has 0 radical (unpaired) electrons. The molecule has 0 saturated heterocycles. The topological polar surface area (TPSA) is 79.2 Å². The molecule has 0 spiro atoms. The van der Waals surface area contributed by atoms with Crippen molar-refractivity contribution in [2.75, 3.05) is 5.32 Å². The molecule has 2 rings (SSSR count). The second kappa shape index (κ2) is 7.43. The summed E-state index contributed by atoms with van der Waals surface area (Å²) in [5.74, 6) is -1.17. The van der Waals surface area contributed by atoms with E-state index in [9.17, 15) is 9.59 Å². The number of esters is 1. The van der Waals surface area contributed by atoms with Crippen LogP contribution in [0.4, 0.5) is 5.69 Å². The van der Waals surface area contributed by atoms with Crippen LogP contribution in [0.25, 0.3) is 0 Å². The maximum Gasteiger partial charge on any atom is 0.338 e. The second-order valence-electron chi connectivity index (χ2n) is 4.70. The van der Waals surface area contributed by atoms with Crippen molar-refractivity contribution in [3.8, 4) is 6.07 Å². The van der Waals surface area contributed by atoms with Gasteiger partial charge in [-0.15, -0.1) is 0 Å². The number of hydrogen-bond acceptors (Lipinski definition) is 4. The molecule has 0 aliphatic rings. The van der Waals surface area contributed by atoms with E-state index in [0.29, 0.717) is 16.3 Å². The van der Waals surface area contributed by atoms with E-state index >= 15 is 0 Å². The average Bonchev–Trinajstić information content (AvgIpc) is 2.55. The molecule has 0 fully saturated rings. The molecule has 1 N–H and O–H groups in total. The van der Waals surface area contributed by atoms with Gasteiger partial charge in [0.25, 0.3) is 5.91 Å². The zero-order chi connectivity index (χ0) is 16.8. The predicted molar refractivity (Wildman–Crippen MR) is 86.1 cm³/mol. The van der Waals surface area contributed by atoms with E-state index in [4.69, 9.17) is 21.6 Å². The van der Waals surface area contributed by atoms with Crippen LogP contribution < -0.4 is 5.32 Å². The van der Waals surface area contributed by atoms with E-state index in [1.165, 1.54) is 13.0 Å². The highest BCUT2D eigenvalue weighted by molar-refractivity contribution is 6.30. The summed E-state index contributed by atoms with van der Waals surface area (Å²) < 4.78 is 5.11. The molecule has 0 unspecified atom stereocenters. The van der Waals surface area contributed by atoms with Crippen molar-refractivity contribution in [2.24, 2.45) is 0 Å². The van der Waals surface area contributed by atoms with Crippen LogP contribution in [-0.2, 0) is 9.53 Å². The fraction of sp³-hybridized carbons (Fsp3) is 0.118. The maximum atomic E-state index is 12.1. The van der Waals surface area contributed by atoms with Gasteiger partial charge in [-0.3, -0.25) is 4.79 Å². The lowest BCUT2D eigenvalue weighted by Gasteiger charge is -2.14. The quantitative estimate of drug-likeness (QED) is 0.872. The second-order valence-corrected chi connectivity index (χ2v) is 5.14. The summed E-state index contributed by atoms with van der Waals surface area (Å²) >= 11 is 5.81. The van der Waals surface area contributed by atoms with Gasteiger partial charge in [0.1, 0.15) is 6.07 Å². The van der Waals surface area contributed by atoms with E-state index in [0.717, 1.165) is 0 Å². The van der Waals surface area contributed by atoms with Gasteiger partial charge in [0.15, 0.2) is 6.10 Å². The highest BCUT2D eigenvalue weighted by Crippen LogP contribution is 2.15. The number of halogens is 1. The molecule has 1 amide bonds. The van der Waals surface area contributed by atoms with E-state index in [1.54, 1.807) is 42.5 Å². The van der Waals surface area contributed by atoms with Gasteiger partial charge in [-0.05, 0) is 37.3 Å². The molecule has 5 nitrogen and oxygen atoms in total. The number of carbonyl (C=O) groups excluding carboxylic acids is 2. The third-order valence-electron chi connectivity index (χ3n) is 3.02. The van der Waals surface area contributed by atoms with Gasteiger partial charge in [0.05, 0.1) is 16.8 Å². The summed E-state index contributed by atoms with van der Waals surface area (Å²) in [5.41, 5.74) is 0.953. The number of benzene rings is 2. The third kappa shape index (κ3) is 4.31. The van der Waals surface area contributed by atoms with Crippen LogP contribution in [0, 0.1) is 11.3 Å². The molecule has 0 heterocycles. The van der Waals surface area contributed by atoms with Crippen molar-refractivity contribution in [1.82, 2.24) is 0 Å². The summed E-state index contributed by atoms with van der Waals surface area (Å²) in [7, 11) is 0. The van der Waals surface area contributed by atoms with E-state index < -0.39 is 18.0 Å². The summed E-state index contributed by atoms with van der Waals surface area (Å²) in [5, 5.41) is 12.0. The van der Waals surface area contributed by atoms with Gasteiger partial charge in [0, 0.05) is 5.02 Å². The number of amides is 1. The number of carbonyl (C=O) groups is 2. The van der Waals surface area contributed by atoms with Crippen LogP contribution in [-0.4, -0.2) is 18.0 Å². The standard InChI is InChI=1S/C17H13ClN2O3/c1-11(23-17(22)12-6-4-7-14(18)9-12)16(21)20-15-8-3-2-5-13(15)10-19/h2-9,11H,1H3,(H,20,21)/t11-/m0/s1. The molecule has 0 bridgehead atoms. The van der Waals surface area contributed by atoms with Crippen molar-refractivity contribution < 1.29 is 14.3 Å². The molecule has 2 aromatic carbocycles. The molecule has 6 heteroatoms. The van der Waals surface area contributed by atoms with Gasteiger partial charge >= 0.3 is 5.97 Å². The Bertz CT molecular complexity index is 783. The Balaban J connectivity index is 2.03. The number of ether oxygens (including phenoxy) is 1. The van der Waals surface area contributed by atoms with E-state index in [2.05, 4.69) is 5.32 Å². The van der Waals surface area contributed by atoms with Crippen molar-refractivity contribution >= 4 is 29.2 Å². The average molecular weight is 329 g/mol. The number of nitrogens with zero attached hydrogens (tertiary/aromatic N) is 1. The van der Waals surface area contributed by atoms with Gasteiger partial charge in [-0.1, -0.05) is 29.8 Å². The molecule has 0 aromatic heterocycles. The Labute approximate surface area is 138 Å². The van der Waals surface area contributed by atoms with Crippen LogP contribution in [0.2, 0.25) is 5.02 Å². The lowest BCUT2D eigenvalue weighted by Crippen LogP contribution is -2.30. The molecule has 0 saturated carbocycles. The molecule has 23 heavy (non-hydrogen) atoms. The molecule has 116 valence electrons. The van der Waals surface area contributed by atoms with Gasteiger partial charge in [-0.25, -0.2) is 4.79 Å². The first-order valence-corrected chi connectivity index (χ1v) is 7.15. The monoisotopic (exact) mass is 328 g/mol. The maximum absolute atomic E-state index is 12.1. The minimum atomic E-state index is -1.02. The Morgan fingerprint density at radius 1 is 1.22 bits per heavy atom. The fourth-order valence-electron chi connectivity index (χ4n) is 1.82. The third-order valence-corrected chi connectivity index (χ3v) is 3.25. The molecular weight excluding hydrogens is 316 g/mol. The Kier molecular flexibility index (Phi) is 5.34. The summed E-state index contributed by atoms with van der Waals surface area (Å²) in [4.78, 5) is 24.1. The lowest BCUT2D eigenvalue weighted by molar-refractivity contribution is -0.123. The Morgan fingerprint density at radius 2 is 1.96 bits per heavy atom. The number of nitrogens with one attached hydrogen (secondary N) is 1. The Hall–Kier alpha value is -2.84. The van der Waals surface area contributed by atoms with Crippen LogP contribution in [0.1, 0.15) is 22.8 Å². The van der Waals surface area contributed by atoms with Crippen molar-refractivity contribution in [3.63, 3.8) is 0 Å². The first-order valence-electron chi connectivity index (χ1n) is 6.78. The highest BCUT2D eigenvalue weighted by Gasteiger charge is 2.20. The molecule has 1 atom stereocenters. The zero-order valence-electron chi connectivity index (χ0n) is 12.2. The Morgan fingerprint density at radius 3 is 2.65 bits per heavy atom. The van der Waals surface area contributed by atoms with Crippen molar-refractivity contribution in [3.05, 3.63) is 64.7 Å². The van der Waals surface area contributed by atoms with Crippen LogP contribution in [0.5, 0.6) is 0 Å². The van der Waals surface area contributed by atoms with Gasteiger partial charge in [0.2, 0.25) is 0 Å². The van der Waals surface area contributed by atoms with Crippen LogP contribution >= 0.6 is 11.6 Å². The number of hydrogen-bond donors (Lipinski definition) is 1. The number of para-hydroxylation sites is 1. The summed E-state index contributed by atoms with van der Waals surface area (Å²) in [6, 6.07) is 14.8. The largest absolute Gasteiger partial charge is 0.449 e. The minimum absolute atomic E-state index is 0.259. The van der Waals surface area contributed by atoms with Crippen molar-refractivity contribution in [1.29, 1.82) is 5.26 Å². The summed E-state index contributed by atoms with van der Waals surface area (Å²) in [6.07, 6.45) is -1.02. The number of nitriles is 1. The number of anilines is 1. The van der Waals surface area contributed by atoms with E-state index in [-0.39, 0.29) is 5.56 Å². The molecule has 0 aliphatic heterocycles. The zero-order valence-corrected chi connectivity index (χ0v) is 13.0. The van der Waals surface area contributed by atoms with Gasteiger partial charge < -0.3 is 10.1 Å². The molecular formula is C17H13ClN2O3. The SMILES string of the molecule is C[C@H](OC(=O)c1cccc(Cl)c1)C(=O)Nc1ccccc1C#N.